The molecule has 2 aromatic rings. The van der Waals surface area contributed by atoms with Crippen LogP contribution in [0.2, 0.25) is 0 Å². The zero-order valence-corrected chi connectivity index (χ0v) is 19.3. The number of nitrogens with one attached hydrogen (secondary N) is 3. The van der Waals surface area contributed by atoms with Crippen molar-refractivity contribution in [3.05, 3.63) is 36.0 Å². The van der Waals surface area contributed by atoms with E-state index in [0.717, 1.165) is 16.5 Å². The predicted molar refractivity (Wildman–Crippen MR) is 126 cm³/mol. The molecule has 1 saturated heterocycles. The van der Waals surface area contributed by atoms with Gasteiger partial charge in [-0.15, -0.1) is 0 Å². The quantitative estimate of drug-likeness (QED) is 0.247. The molecule has 1 aromatic heterocycles. The van der Waals surface area contributed by atoms with Crippen molar-refractivity contribution in [2.75, 3.05) is 6.54 Å². The van der Waals surface area contributed by atoms with Gasteiger partial charge in [0.2, 0.25) is 23.6 Å². The molecule has 0 radical (unpaired) electrons. The number of fused-ring (bicyclic) bond motifs is 1. The molecule has 2 heterocycles. The number of primary amides is 1. The number of benzene rings is 1. The maximum absolute atomic E-state index is 13.2. The summed E-state index contributed by atoms with van der Waals surface area (Å²) in [5, 5.41) is 14.8. The van der Waals surface area contributed by atoms with Crippen molar-refractivity contribution in [1.29, 1.82) is 0 Å². The number of amides is 4. The topological polar surface area (TPSA) is 201 Å². The average Bonchev–Trinajstić information content (AvgIpc) is 3.45. The van der Waals surface area contributed by atoms with Gasteiger partial charge in [-0.3, -0.25) is 24.0 Å². The molecule has 35 heavy (non-hydrogen) atoms. The van der Waals surface area contributed by atoms with Crippen LogP contribution in [0.15, 0.2) is 30.5 Å². The van der Waals surface area contributed by atoms with E-state index in [2.05, 4.69) is 15.6 Å². The third-order valence-corrected chi connectivity index (χ3v) is 6.04. The van der Waals surface area contributed by atoms with E-state index in [1.807, 2.05) is 24.3 Å². The van der Waals surface area contributed by atoms with Crippen molar-refractivity contribution in [2.45, 2.75) is 56.8 Å². The van der Waals surface area contributed by atoms with Crippen LogP contribution in [0.5, 0.6) is 0 Å². The standard InChI is InChI=1S/C23H30N6O6/c1-12(23(34)35)27-21(32)18-7-4-8-29(18)22(33)17(10-19(25)30)28-20(31)15(24)9-13-11-26-16-6-3-2-5-14(13)16/h2-3,5-6,11-12,15,17-18,26H,4,7-10,24H2,1H3,(H2,25,30)(H,27,32)(H,28,31)(H,34,35). The number of hydrogen-bond donors (Lipinski definition) is 6. The number of carbonyl (C=O) groups is 5. The summed E-state index contributed by atoms with van der Waals surface area (Å²) in [5.74, 6) is -3.94. The highest BCUT2D eigenvalue weighted by atomic mass is 16.4. The third-order valence-electron chi connectivity index (χ3n) is 6.04. The fraction of sp³-hybridized carbons (Fsp3) is 0.435. The summed E-state index contributed by atoms with van der Waals surface area (Å²) in [7, 11) is 0. The van der Waals surface area contributed by atoms with E-state index < -0.39 is 60.2 Å². The Morgan fingerprint density at radius 2 is 1.91 bits per heavy atom. The van der Waals surface area contributed by atoms with Crippen LogP contribution >= 0.6 is 0 Å². The highest BCUT2D eigenvalue weighted by molar-refractivity contribution is 5.96. The van der Waals surface area contributed by atoms with Crippen molar-refractivity contribution in [1.82, 2.24) is 20.5 Å². The first kappa shape index (κ1) is 25.7. The SMILES string of the molecule is CC(NC(=O)C1CCCN1C(=O)C(CC(N)=O)NC(=O)C(N)Cc1c[nH]c2ccccc12)C(=O)O. The van der Waals surface area contributed by atoms with Crippen LogP contribution in [0.1, 0.15) is 31.7 Å². The normalized spacial score (nSPS) is 18.0. The molecule has 4 atom stereocenters. The molecule has 12 nitrogen and oxygen atoms in total. The van der Waals surface area contributed by atoms with E-state index in [1.165, 1.54) is 11.8 Å². The molecule has 1 fully saturated rings. The summed E-state index contributed by atoms with van der Waals surface area (Å²) >= 11 is 0. The van der Waals surface area contributed by atoms with Crippen molar-refractivity contribution in [3.63, 3.8) is 0 Å². The fourth-order valence-corrected chi connectivity index (χ4v) is 4.18. The lowest BCUT2D eigenvalue weighted by Gasteiger charge is -2.29. The smallest absolute Gasteiger partial charge is 0.325 e. The third kappa shape index (κ3) is 6.15. The number of carboxylic acids is 1. The number of carbonyl (C=O) groups excluding carboxylic acids is 4. The lowest BCUT2D eigenvalue weighted by molar-refractivity contribution is -0.145. The maximum atomic E-state index is 13.2. The summed E-state index contributed by atoms with van der Waals surface area (Å²) in [4.78, 5) is 65.7. The molecule has 3 rings (SSSR count). The molecular formula is C23H30N6O6. The number of nitrogens with two attached hydrogens (primary N) is 2. The molecule has 188 valence electrons. The van der Waals surface area contributed by atoms with Gasteiger partial charge in [-0.05, 0) is 37.8 Å². The van der Waals surface area contributed by atoms with Gasteiger partial charge in [0.15, 0.2) is 0 Å². The van der Waals surface area contributed by atoms with E-state index in [1.54, 1.807) is 6.20 Å². The molecule has 8 N–H and O–H groups in total. The van der Waals surface area contributed by atoms with E-state index >= 15 is 0 Å². The van der Waals surface area contributed by atoms with Gasteiger partial charge in [-0.1, -0.05) is 18.2 Å². The van der Waals surface area contributed by atoms with Gasteiger partial charge >= 0.3 is 5.97 Å². The monoisotopic (exact) mass is 486 g/mol. The van der Waals surface area contributed by atoms with Crippen LogP contribution in [0, 0.1) is 0 Å². The first-order chi connectivity index (χ1) is 16.6. The summed E-state index contributed by atoms with van der Waals surface area (Å²) in [6, 6.07) is 3.17. The Labute approximate surface area is 201 Å². The second-order valence-corrected chi connectivity index (χ2v) is 8.66. The van der Waals surface area contributed by atoms with Crippen molar-refractivity contribution in [2.24, 2.45) is 11.5 Å². The molecule has 0 bridgehead atoms. The lowest BCUT2D eigenvalue weighted by atomic mass is 10.0. The molecule has 1 aliphatic rings. The number of rotatable bonds is 10. The molecule has 0 saturated carbocycles. The Hall–Kier alpha value is -3.93. The van der Waals surface area contributed by atoms with Gasteiger partial charge in [0.05, 0.1) is 12.5 Å². The molecule has 0 spiro atoms. The summed E-state index contributed by atoms with van der Waals surface area (Å²) < 4.78 is 0. The molecular weight excluding hydrogens is 456 g/mol. The van der Waals surface area contributed by atoms with Crippen LogP contribution in [0.25, 0.3) is 10.9 Å². The highest BCUT2D eigenvalue weighted by Crippen LogP contribution is 2.21. The molecule has 0 aliphatic carbocycles. The number of aromatic nitrogens is 1. The molecule has 4 unspecified atom stereocenters. The minimum Gasteiger partial charge on any atom is -0.480 e. The minimum absolute atomic E-state index is 0.190. The Morgan fingerprint density at radius 3 is 2.60 bits per heavy atom. The number of para-hydroxylation sites is 1. The van der Waals surface area contributed by atoms with Crippen molar-refractivity contribution in [3.8, 4) is 0 Å². The Balaban J connectivity index is 1.69. The predicted octanol–water partition coefficient (Wildman–Crippen LogP) is -1.02. The fourth-order valence-electron chi connectivity index (χ4n) is 4.18. The largest absolute Gasteiger partial charge is 0.480 e. The van der Waals surface area contributed by atoms with Gasteiger partial charge < -0.3 is 37.1 Å². The summed E-state index contributed by atoms with van der Waals surface area (Å²) in [6.07, 6.45) is 2.30. The van der Waals surface area contributed by atoms with Gasteiger partial charge in [-0.2, -0.15) is 0 Å². The van der Waals surface area contributed by atoms with Crippen LogP contribution in [-0.4, -0.2) is 75.3 Å². The number of aromatic amines is 1. The van der Waals surface area contributed by atoms with Crippen LogP contribution < -0.4 is 22.1 Å². The number of aliphatic carboxylic acids is 1. The zero-order valence-electron chi connectivity index (χ0n) is 19.3. The van der Waals surface area contributed by atoms with E-state index in [-0.39, 0.29) is 13.0 Å². The summed E-state index contributed by atoms with van der Waals surface area (Å²) in [6.45, 7) is 1.53. The van der Waals surface area contributed by atoms with Crippen LogP contribution in [0.3, 0.4) is 0 Å². The van der Waals surface area contributed by atoms with E-state index in [4.69, 9.17) is 16.6 Å². The highest BCUT2D eigenvalue weighted by Gasteiger charge is 2.39. The van der Waals surface area contributed by atoms with Crippen LogP contribution in [0.4, 0.5) is 0 Å². The first-order valence-electron chi connectivity index (χ1n) is 11.3. The van der Waals surface area contributed by atoms with Crippen molar-refractivity contribution >= 4 is 40.5 Å². The van der Waals surface area contributed by atoms with Crippen LogP contribution in [-0.2, 0) is 30.4 Å². The number of carboxylic acid groups (broad SMARTS) is 1. The maximum Gasteiger partial charge on any atom is 0.325 e. The Morgan fingerprint density at radius 1 is 1.20 bits per heavy atom. The van der Waals surface area contributed by atoms with Gasteiger partial charge in [0.1, 0.15) is 18.1 Å². The molecule has 1 aliphatic heterocycles. The Kier molecular flexibility index (Phi) is 8.07. The van der Waals surface area contributed by atoms with Gasteiger partial charge in [0, 0.05) is 23.6 Å². The van der Waals surface area contributed by atoms with Gasteiger partial charge in [0.25, 0.3) is 0 Å². The molecule has 1 aromatic carbocycles. The average molecular weight is 487 g/mol. The number of likely N-dealkylation sites (tertiary alicyclic amines) is 1. The van der Waals surface area contributed by atoms with Gasteiger partial charge in [-0.25, -0.2) is 0 Å². The number of hydrogen-bond acceptors (Lipinski definition) is 6. The van der Waals surface area contributed by atoms with E-state index in [0.29, 0.717) is 12.8 Å². The number of H-pyrrole nitrogens is 1. The zero-order chi connectivity index (χ0) is 25.7. The minimum atomic E-state index is -1.31. The van der Waals surface area contributed by atoms with E-state index in [9.17, 15) is 24.0 Å². The molecule has 12 heteroatoms. The lowest BCUT2D eigenvalue weighted by Crippen LogP contribution is -2.57. The second kappa shape index (κ2) is 11.0. The molecule has 4 amide bonds. The summed E-state index contributed by atoms with van der Waals surface area (Å²) in [5.41, 5.74) is 13.1. The van der Waals surface area contributed by atoms with Crippen molar-refractivity contribution < 1.29 is 29.1 Å². The Bertz CT molecular complexity index is 1130. The first-order valence-corrected chi connectivity index (χ1v) is 11.3. The second-order valence-electron chi connectivity index (χ2n) is 8.66. The number of nitrogens with zero attached hydrogens (tertiary/aromatic N) is 1.